The number of nitrogens with one attached hydrogen (secondary N) is 1. The molecule has 0 aliphatic rings. The minimum atomic E-state index is -0.912. The van der Waals surface area contributed by atoms with Crippen molar-refractivity contribution in [3.63, 3.8) is 0 Å². The molecule has 0 amide bonds. The molecule has 0 fully saturated rings. The summed E-state index contributed by atoms with van der Waals surface area (Å²) in [6, 6.07) is 2.92. The van der Waals surface area contributed by atoms with Gasteiger partial charge in [-0.15, -0.1) is 0 Å². The first-order chi connectivity index (χ1) is 10.3. The van der Waals surface area contributed by atoms with E-state index in [-0.39, 0.29) is 16.3 Å². The summed E-state index contributed by atoms with van der Waals surface area (Å²) in [7, 11) is 0. The van der Waals surface area contributed by atoms with Crippen LogP contribution in [0.2, 0.25) is 5.02 Å². The van der Waals surface area contributed by atoms with Crippen molar-refractivity contribution in [3.8, 4) is 5.69 Å². The number of esters is 1. The van der Waals surface area contributed by atoms with Gasteiger partial charge in [-0.3, -0.25) is 4.79 Å². The Morgan fingerprint density at radius 1 is 1.36 bits per heavy atom. The number of hydrogen-bond acceptors (Lipinski definition) is 4. The Kier molecular flexibility index (Phi) is 4.46. The maximum Gasteiger partial charge on any atom is 0.339 e. The lowest BCUT2D eigenvalue weighted by Gasteiger charge is -2.12. The van der Waals surface area contributed by atoms with E-state index in [0.29, 0.717) is 4.57 Å². The number of hydrogen-bond donors (Lipinski definition) is 1. The van der Waals surface area contributed by atoms with E-state index in [4.69, 9.17) is 16.3 Å². The molecule has 1 aromatic carbocycles. The molecule has 0 aliphatic heterocycles. The van der Waals surface area contributed by atoms with E-state index >= 15 is 0 Å². The van der Waals surface area contributed by atoms with Crippen LogP contribution >= 0.6 is 11.6 Å². The predicted molar refractivity (Wildman–Crippen MR) is 78.2 cm³/mol. The van der Waals surface area contributed by atoms with Crippen LogP contribution < -0.4 is 11.2 Å². The maximum atomic E-state index is 14.1. The summed E-state index contributed by atoms with van der Waals surface area (Å²) >= 11 is 5.83. The molecule has 0 saturated heterocycles. The predicted octanol–water partition coefficient (Wildman–Crippen LogP) is 1.88. The van der Waals surface area contributed by atoms with Gasteiger partial charge in [-0.25, -0.2) is 18.5 Å². The third kappa shape index (κ3) is 3.09. The fourth-order valence-corrected chi connectivity index (χ4v) is 2.02. The topological polar surface area (TPSA) is 81.2 Å². The second kappa shape index (κ2) is 6.15. The van der Waals surface area contributed by atoms with Crippen LogP contribution in [0.25, 0.3) is 5.69 Å². The third-order valence-electron chi connectivity index (χ3n) is 2.70. The van der Waals surface area contributed by atoms with Crippen molar-refractivity contribution in [3.05, 3.63) is 61.6 Å². The number of carbonyl (C=O) groups excluding carboxylic acids is 1. The van der Waals surface area contributed by atoms with Crippen LogP contribution in [0.3, 0.4) is 0 Å². The first-order valence-corrected chi connectivity index (χ1v) is 6.70. The summed E-state index contributed by atoms with van der Waals surface area (Å²) < 4.78 is 19.6. The summed E-state index contributed by atoms with van der Waals surface area (Å²) in [4.78, 5) is 37.7. The van der Waals surface area contributed by atoms with Gasteiger partial charge in [0.15, 0.2) is 0 Å². The van der Waals surface area contributed by atoms with E-state index in [2.05, 4.69) is 4.98 Å². The van der Waals surface area contributed by atoms with Gasteiger partial charge < -0.3 is 9.72 Å². The maximum absolute atomic E-state index is 14.1. The number of aromatic amines is 1. The van der Waals surface area contributed by atoms with Gasteiger partial charge in [0.05, 0.1) is 22.4 Å². The molecule has 0 spiro atoms. The van der Waals surface area contributed by atoms with Gasteiger partial charge in [-0.1, -0.05) is 11.6 Å². The summed E-state index contributed by atoms with van der Waals surface area (Å²) in [5, 5.41) is -0.174. The molecule has 0 atom stereocenters. The van der Waals surface area contributed by atoms with Crippen LogP contribution in [-0.2, 0) is 4.74 Å². The second-order valence-corrected chi connectivity index (χ2v) is 5.10. The van der Waals surface area contributed by atoms with E-state index in [1.54, 1.807) is 13.8 Å². The van der Waals surface area contributed by atoms with Gasteiger partial charge in [-0.05, 0) is 26.0 Å². The number of nitrogens with zero attached hydrogens (tertiary/aromatic N) is 1. The number of benzene rings is 1. The lowest BCUT2D eigenvalue weighted by atomic mass is 10.2. The molecule has 116 valence electrons. The zero-order chi connectivity index (χ0) is 16.4. The lowest BCUT2D eigenvalue weighted by Crippen LogP contribution is -2.33. The molecule has 0 aliphatic carbocycles. The van der Waals surface area contributed by atoms with Crippen molar-refractivity contribution in [2.75, 3.05) is 0 Å². The quantitative estimate of drug-likeness (QED) is 0.873. The molecule has 0 unspecified atom stereocenters. The Labute approximate surface area is 129 Å². The molecule has 6 nitrogen and oxygen atoms in total. The van der Waals surface area contributed by atoms with E-state index in [9.17, 15) is 18.8 Å². The van der Waals surface area contributed by atoms with E-state index in [0.717, 1.165) is 24.4 Å². The molecular formula is C14H12ClFN2O4. The highest BCUT2D eigenvalue weighted by Crippen LogP contribution is 2.23. The number of ether oxygens (including phenoxy) is 1. The number of carbonyl (C=O) groups is 1. The normalized spacial score (nSPS) is 10.8. The fourth-order valence-electron chi connectivity index (χ4n) is 1.79. The Balaban J connectivity index is 2.66. The van der Waals surface area contributed by atoms with Gasteiger partial charge in [0.2, 0.25) is 0 Å². The molecular weight excluding hydrogens is 315 g/mol. The molecule has 1 N–H and O–H groups in total. The van der Waals surface area contributed by atoms with Gasteiger partial charge in [0, 0.05) is 12.3 Å². The van der Waals surface area contributed by atoms with Crippen molar-refractivity contribution >= 4 is 17.6 Å². The Morgan fingerprint density at radius 2 is 2.05 bits per heavy atom. The van der Waals surface area contributed by atoms with Gasteiger partial charge in [0.25, 0.3) is 5.56 Å². The SMILES string of the molecule is CC(C)OC(=O)c1cc(-n2c(=O)cc[nH]c2=O)c(F)cc1Cl. The molecule has 22 heavy (non-hydrogen) atoms. The molecule has 0 saturated carbocycles. The Bertz CT molecular complexity index is 813. The molecule has 1 aromatic heterocycles. The minimum Gasteiger partial charge on any atom is -0.459 e. The van der Waals surface area contributed by atoms with E-state index < -0.39 is 29.1 Å². The molecule has 0 bridgehead atoms. The van der Waals surface area contributed by atoms with Crippen molar-refractivity contribution in [1.82, 2.24) is 9.55 Å². The Hall–Kier alpha value is -2.41. The summed E-state index contributed by atoms with van der Waals surface area (Å²) in [5.41, 5.74) is -2.10. The zero-order valence-electron chi connectivity index (χ0n) is 11.7. The van der Waals surface area contributed by atoms with Crippen LogP contribution in [0, 0.1) is 5.82 Å². The summed E-state index contributed by atoms with van der Waals surface area (Å²) in [6.07, 6.45) is 0.739. The lowest BCUT2D eigenvalue weighted by molar-refractivity contribution is 0.0378. The fraction of sp³-hybridized carbons (Fsp3) is 0.214. The van der Waals surface area contributed by atoms with Crippen molar-refractivity contribution < 1.29 is 13.9 Å². The smallest absolute Gasteiger partial charge is 0.339 e. The summed E-state index contributed by atoms with van der Waals surface area (Å²) in [5.74, 6) is -1.69. The second-order valence-electron chi connectivity index (χ2n) is 4.69. The summed E-state index contributed by atoms with van der Waals surface area (Å²) in [6.45, 7) is 3.28. The molecule has 2 rings (SSSR count). The van der Waals surface area contributed by atoms with Crippen LogP contribution in [-0.4, -0.2) is 21.6 Å². The number of rotatable bonds is 3. The van der Waals surface area contributed by atoms with Crippen molar-refractivity contribution in [1.29, 1.82) is 0 Å². The first kappa shape index (κ1) is 16.0. The van der Waals surface area contributed by atoms with Crippen LogP contribution in [0.15, 0.2) is 34.0 Å². The van der Waals surface area contributed by atoms with Crippen molar-refractivity contribution in [2.45, 2.75) is 20.0 Å². The molecule has 0 radical (unpaired) electrons. The molecule has 2 aromatic rings. The molecule has 8 heteroatoms. The highest BCUT2D eigenvalue weighted by atomic mass is 35.5. The highest BCUT2D eigenvalue weighted by Gasteiger charge is 2.19. The Morgan fingerprint density at radius 3 is 2.64 bits per heavy atom. The van der Waals surface area contributed by atoms with Gasteiger partial charge >= 0.3 is 11.7 Å². The van der Waals surface area contributed by atoms with Gasteiger partial charge in [0.1, 0.15) is 5.82 Å². The number of halogens is 2. The van der Waals surface area contributed by atoms with E-state index in [1.165, 1.54) is 0 Å². The van der Waals surface area contributed by atoms with E-state index in [1.807, 2.05) is 0 Å². The van der Waals surface area contributed by atoms with Crippen LogP contribution in [0.1, 0.15) is 24.2 Å². The monoisotopic (exact) mass is 326 g/mol. The standard InChI is InChI=1S/C14H12ClFN2O4/c1-7(2)22-13(20)8-5-11(10(16)6-9(8)15)18-12(19)3-4-17-14(18)21/h3-7H,1-2H3,(H,17,21). The van der Waals surface area contributed by atoms with Crippen LogP contribution in [0.4, 0.5) is 4.39 Å². The minimum absolute atomic E-state index is 0.137. The largest absolute Gasteiger partial charge is 0.459 e. The highest BCUT2D eigenvalue weighted by molar-refractivity contribution is 6.33. The first-order valence-electron chi connectivity index (χ1n) is 6.32. The van der Waals surface area contributed by atoms with Crippen LogP contribution in [0.5, 0.6) is 0 Å². The average Bonchev–Trinajstić information content (AvgIpc) is 2.39. The zero-order valence-corrected chi connectivity index (χ0v) is 12.5. The van der Waals surface area contributed by atoms with Crippen molar-refractivity contribution in [2.24, 2.45) is 0 Å². The number of aromatic nitrogens is 2. The van der Waals surface area contributed by atoms with Gasteiger partial charge in [-0.2, -0.15) is 0 Å². The third-order valence-corrected chi connectivity index (χ3v) is 3.01. The molecule has 1 heterocycles. The number of H-pyrrole nitrogens is 1. The average molecular weight is 327 g/mol.